The molecule has 0 radical (unpaired) electrons. The van der Waals surface area contributed by atoms with Gasteiger partial charge in [0.2, 0.25) is 0 Å². The maximum absolute atomic E-state index is 3.66. The molecule has 0 spiro atoms. The van der Waals surface area contributed by atoms with Crippen LogP contribution in [0.1, 0.15) is 17.5 Å². The third-order valence-corrected chi connectivity index (χ3v) is 3.87. The molecular weight excluding hydrogens is 218 g/mol. The standard InChI is InChI=1S/C17H19N/c1-3-7-15(8-4-1)13-17(11-12-18-17)14-16-9-5-2-6-10-16/h1-10,18H,11-14H2. The molecule has 1 nitrogen and oxygen atoms in total. The first-order valence-electron chi connectivity index (χ1n) is 6.69. The van der Waals surface area contributed by atoms with E-state index in [0.717, 1.165) is 19.4 Å². The summed E-state index contributed by atoms with van der Waals surface area (Å²) in [7, 11) is 0. The van der Waals surface area contributed by atoms with E-state index in [-0.39, 0.29) is 5.54 Å². The average molecular weight is 237 g/mol. The summed E-state index contributed by atoms with van der Waals surface area (Å²) in [6.07, 6.45) is 3.53. The van der Waals surface area contributed by atoms with Crippen molar-refractivity contribution in [2.45, 2.75) is 24.8 Å². The molecule has 18 heavy (non-hydrogen) atoms. The molecule has 0 unspecified atom stereocenters. The van der Waals surface area contributed by atoms with Gasteiger partial charge in [0, 0.05) is 5.54 Å². The average Bonchev–Trinajstić information content (AvgIpc) is 2.39. The number of rotatable bonds is 4. The van der Waals surface area contributed by atoms with E-state index in [1.54, 1.807) is 0 Å². The van der Waals surface area contributed by atoms with Crippen LogP contribution in [0.3, 0.4) is 0 Å². The van der Waals surface area contributed by atoms with Crippen LogP contribution in [0.2, 0.25) is 0 Å². The van der Waals surface area contributed by atoms with Gasteiger partial charge in [-0.2, -0.15) is 0 Å². The van der Waals surface area contributed by atoms with Gasteiger partial charge >= 0.3 is 0 Å². The Bertz CT molecular complexity index is 442. The molecule has 0 aromatic heterocycles. The lowest BCUT2D eigenvalue weighted by Gasteiger charge is -2.44. The predicted molar refractivity (Wildman–Crippen MR) is 75.6 cm³/mol. The molecule has 1 saturated heterocycles. The first-order chi connectivity index (χ1) is 8.86. The van der Waals surface area contributed by atoms with Crippen LogP contribution in [0.25, 0.3) is 0 Å². The molecule has 0 aliphatic carbocycles. The molecule has 0 atom stereocenters. The van der Waals surface area contributed by atoms with E-state index in [0.29, 0.717) is 0 Å². The molecule has 0 saturated carbocycles. The molecule has 0 amide bonds. The van der Waals surface area contributed by atoms with Crippen molar-refractivity contribution in [1.29, 1.82) is 0 Å². The van der Waals surface area contributed by atoms with Crippen LogP contribution in [-0.4, -0.2) is 12.1 Å². The highest BCUT2D eigenvalue weighted by Crippen LogP contribution is 2.28. The van der Waals surface area contributed by atoms with Gasteiger partial charge < -0.3 is 5.32 Å². The predicted octanol–water partition coefficient (Wildman–Crippen LogP) is 3.20. The molecule has 1 N–H and O–H groups in total. The zero-order chi connectivity index (χ0) is 12.3. The first kappa shape index (κ1) is 11.5. The number of benzene rings is 2. The van der Waals surface area contributed by atoms with E-state index < -0.39 is 0 Å². The van der Waals surface area contributed by atoms with Gasteiger partial charge in [-0.1, -0.05) is 60.7 Å². The van der Waals surface area contributed by atoms with E-state index in [2.05, 4.69) is 66.0 Å². The molecule has 1 heteroatoms. The minimum Gasteiger partial charge on any atom is -0.310 e. The summed E-state index contributed by atoms with van der Waals surface area (Å²) < 4.78 is 0. The first-order valence-corrected chi connectivity index (χ1v) is 6.69. The highest BCUT2D eigenvalue weighted by molar-refractivity contribution is 5.24. The summed E-state index contributed by atoms with van der Waals surface area (Å²) in [5, 5.41) is 3.66. The Morgan fingerprint density at radius 2 is 1.22 bits per heavy atom. The van der Waals surface area contributed by atoms with Crippen molar-refractivity contribution < 1.29 is 0 Å². The van der Waals surface area contributed by atoms with E-state index in [1.165, 1.54) is 17.5 Å². The van der Waals surface area contributed by atoms with Gasteiger partial charge in [-0.05, 0) is 36.9 Å². The molecule has 3 rings (SSSR count). The number of hydrogen-bond donors (Lipinski definition) is 1. The van der Waals surface area contributed by atoms with Gasteiger partial charge in [0.05, 0.1) is 0 Å². The Morgan fingerprint density at radius 3 is 1.56 bits per heavy atom. The second kappa shape index (κ2) is 4.95. The Morgan fingerprint density at radius 1 is 0.778 bits per heavy atom. The molecule has 92 valence electrons. The molecule has 2 aromatic carbocycles. The summed E-state index contributed by atoms with van der Waals surface area (Å²) in [4.78, 5) is 0. The third kappa shape index (κ3) is 2.46. The molecule has 1 aliphatic rings. The zero-order valence-electron chi connectivity index (χ0n) is 10.6. The largest absolute Gasteiger partial charge is 0.310 e. The lowest BCUT2D eigenvalue weighted by molar-refractivity contribution is 0.204. The fourth-order valence-corrected chi connectivity index (χ4v) is 2.82. The SMILES string of the molecule is c1ccc(CC2(Cc3ccccc3)CCN2)cc1. The van der Waals surface area contributed by atoms with Gasteiger partial charge in [-0.25, -0.2) is 0 Å². The summed E-state index contributed by atoms with van der Waals surface area (Å²) in [5.74, 6) is 0. The Kier molecular flexibility index (Phi) is 3.16. The van der Waals surface area contributed by atoms with Crippen LogP contribution >= 0.6 is 0 Å². The van der Waals surface area contributed by atoms with E-state index >= 15 is 0 Å². The second-order valence-corrected chi connectivity index (χ2v) is 5.28. The van der Waals surface area contributed by atoms with Gasteiger partial charge in [-0.3, -0.25) is 0 Å². The minimum atomic E-state index is 0.280. The zero-order valence-corrected chi connectivity index (χ0v) is 10.6. The highest BCUT2D eigenvalue weighted by Gasteiger charge is 2.36. The maximum atomic E-state index is 3.66. The maximum Gasteiger partial charge on any atom is 0.0274 e. The summed E-state index contributed by atoms with van der Waals surface area (Å²) in [6.45, 7) is 1.15. The van der Waals surface area contributed by atoms with Crippen molar-refractivity contribution in [3.8, 4) is 0 Å². The second-order valence-electron chi connectivity index (χ2n) is 5.28. The molecule has 1 aliphatic heterocycles. The van der Waals surface area contributed by atoms with Crippen molar-refractivity contribution >= 4 is 0 Å². The van der Waals surface area contributed by atoms with Crippen molar-refractivity contribution in [3.63, 3.8) is 0 Å². The van der Waals surface area contributed by atoms with Crippen LogP contribution < -0.4 is 5.32 Å². The number of hydrogen-bond acceptors (Lipinski definition) is 1. The van der Waals surface area contributed by atoms with Crippen molar-refractivity contribution in [3.05, 3.63) is 71.8 Å². The van der Waals surface area contributed by atoms with Gasteiger partial charge in [0.15, 0.2) is 0 Å². The summed E-state index contributed by atoms with van der Waals surface area (Å²) >= 11 is 0. The lowest BCUT2D eigenvalue weighted by atomic mass is 9.77. The van der Waals surface area contributed by atoms with Crippen LogP contribution in [0, 0.1) is 0 Å². The third-order valence-electron chi connectivity index (χ3n) is 3.87. The quantitative estimate of drug-likeness (QED) is 0.861. The van der Waals surface area contributed by atoms with Gasteiger partial charge in [-0.15, -0.1) is 0 Å². The molecular formula is C17H19N. The summed E-state index contributed by atoms with van der Waals surface area (Å²) in [5.41, 5.74) is 3.14. The Hall–Kier alpha value is -1.60. The van der Waals surface area contributed by atoms with Crippen molar-refractivity contribution in [2.75, 3.05) is 6.54 Å². The van der Waals surface area contributed by atoms with Gasteiger partial charge in [0.1, 0.15) is 0 Å². The van der Waals surface area contributed by atoms with E-state index in [1.807, 2.05) is 0 Å². The molecule has 1 heterocycles. The Balaban J connectivity index is 1.75. The monoisotopic (exact) mass is 237 g/mol. The van der Waals surface area contributed by atoms with Crippen molar-refractivity contribution in [2.24, 2.45) is 0 Å². The lowest BCUT2D eigenvalue weighted by Crippen LogP contribution is -2.59. The van der Waals surface area contributed by atoms with Crippen molar-refractivity contribution in [1.82, 2.24) is 5.32 Å². The molecule has 2 aromatic rings. The molecule has 1 fully saturated rings. The van der Waals surface area contributed by atoms with Crippen LogP contribution in [0.15, 0.2) is 60.7 Å². The topological polar surface area (TPSA) is 12.0 Å². The van der Waals surface area contributed by atoms with Crippen LogP contribution in [0.5, 0.6) is 0 Å². The summed E-state index contributed by atoms with van der Waals surface area (Å²) in [6, 6.07) is 21.6. The minimum absolute atomic E-state index is 0.280. The fraction of sp³-hybridized carbons (Fsp3) is 0.294. The highest BCUT2D eigenvalue weighted by atomic mass is 15.0. The number of nitrogens with one attached hydrogen (secondary N) is 1. The normalized spacial score (nSPS) is 17.1. The molecule has 0 bridgehead atoms. The van der Waals surface area contributed by atoms with Crippen LogP contribution in [0.4, 0.5) is 0 Å². The smallest absolute Gasteiger partial charge is 0.0274 e. The Labute approximate surface area is 109 Å². The van der Waals surface area contributed by atoms with Gasteiger partial charge in [0.25, 0.3) is 0 Å². The van der Waals surface area contributed by atoms with E-state index in [9.17, 15) is 0 Å². The van der Waals surface area contributed by atoms with Crippen LogP contribution in [-0.2, 0) is 12.8 Å². The fourth-order valence-electron chi connectivity index (χ4n) is 2.82. The van der Waals surface area contributed by atoms with E-state index in [4.69, 9.17) is 0 Å².